The van der Waals surface area contributed by atoms with Gasteiger partial charge >= 0.3 is 12.1 Å². The summed E-state index contributed by atoms with van der Waals surface area (Å²) in [5.41, 5.74) is 11.3. The van der Waals surface area contributed by atoms with Crippen LogP contribution in [0.2, 0.25) is 0 Å². The van der Waals surface area contributed by atoms with E-state index in [1.54, 1.807) is 0 Å². The van der Waals surface area contributed by atoms with Crippen LogP contribution in [0.1, 0.15) is 88.2 Å². The molecular formula is C37H50N6O2. The molecule has 0 spiro atoms. The number of amides is 4. The van der Waals surface area contributed by atoms with Crippen LogP contribution in [0.4, 0.5) is 32.3 Å². The van der Waals surface area contributed by atoms with E-state index in [-0.39, 0.29) is 24.1 Å². The van der Waals surface area contributed by atoms with E-state index in [0.29, 0.717) is 18.8 Å². The van der Waals surface area contributed by atoms with Crippen molar-refractivity contribution in [3.05, 3.63) is 83.9 Å². The Balaban J connectivity index is 1.34. The molecule has 240 valence electrons. The zero-order chi connectivity index (χ0) is 31.4. The quantitative estimate of drug-likeness (QED) is 0.144. The Hall–Kier alpha value is -4.20. The number of urea groups is 2. The molecule has 0 aliphatic heterocycles. The first-order valence-electron chi connectivity index (χ1n) is 16.9. The van der Waals surface area contributed by atoms with Crippen LogP contribution < -0.4 is 26.6 Å². The summed E-state index contributed by atoms with van der Waals surface area (Å²) in [4.78, 5) is 31.4. The third-order valence-electron chi connectivity index (χ3n) is 9.27. The molecule has 8 heteroatoms. The van der Waals surface area contributed by atoms with Gasteiger partial charge in [0, 0.05) is 48.4 Å². The fraction of sp³-hybridized carbons (Fsp3) is 0.459. The summed E-state index contributed by atoms with van der Waals surface area (Å²) < 4.78 is 0. The van der Waals surface area contributed by atoms with Gasteiger partial charge in [0.15, 0.2) is 0 Å². The maximum atomic E-state index is 13.8. The lowest BCUT2D eigenvalue weighted by atomic mass is 10.0. The van der Waals surface area contributed by atoms with Crippen LogP contribution in [0.25, 0.3) is 0 Å². The zero-order valence-corrected chi connectivity index (χ0v) is 26.8. The Labute approximate surface area is 268 Å². The number of nitrogens with one attached hydrogen (secondary N) is 3. The first-order valence-corrected chi connectivity index (χ1v) is 16.9. The lowest BCUT2D eigenvalue weighted by molar-refractivity contribution is 0.175. The van der Waals surface area contributed by atoms with E-state index in [1.807, 2.05) is 71.4 Å². The van der Waals surface area contributed by atoms with Crippen LogP contribution >= 0.6 is 0 Å². The molecule has 2 saturated carbocycles. The third kappa shape index (κ3) is 9.40. The molecule has 0 atom stereocenters. The Morgan fingerprint density at radius 1 is 0.711 bits per heavy atom. The van der Waals surface area contributed by atoms with E-state index in [0.717, 1.165) is 79.6 Å². The number of nitrogens with zero attached hydrogens (tertiary/aromatic N) is 2. The van der Waals surface area contributed by atoms with Crippen molar-refractivity contribution in [1.29, 1.82) is 0 Å². The van der Waals surface area contributed by atoms with Gasteiger partial charge in [-0.2, -0.15) is 0 Å². The lowest BCUT2D eigenvalue weighted by Gasteiger charge is -2.32. The van der Waals surface area contributed by atoms with Gasteiger partial charge in [-0.15, -0.1) is 0 Å². The predicted octanol–water partition coefficient (Wildman–Crippen LogP) is 8.51. The zero-order valence-electron chi connectivity index (χ0n) is 26.8. The van der Waals surface area contributed by atoms with Crippen LogP contribution in [-0.4, -0.2) is 36.1 Å². The van der Waals surface area contributed by atoms with Gasteiger partial charge in [0.2, 0.25) is 0 Å². The first kappa shape index (κ1) is 32.2. The number of nitrogens with two attached hydrogens (primary N) is 1. The third-order valence-corrected chi connectivity index (χ3v) is 9.27. The second-order valence-electron chi connectivity index (χ2n) is 12.7. The minimum atomic E-state index is -0.0826. The van der Waals surface area contributed by atoms with Gasteiger partial charge in [-0.25, -0.2) is 9.59 Å². The van der Waals surface area contributed by atoms with Crippen molar-refractivity contribution in [1.82, 2.24) is 10.2 Å². The minimum absolute atomic E-state index is 0.0733. The average Bonchev–Trinajstić information content (AvgIpc) is 3.49. The highest BCUT2D eigenvalue weighted by Gasteiger charge is 2.26. The van der Waals surface area contributed by atoms with Crippen LogP contribution in [0.3, 0.4) is 0 Å². The van der Waals surface area contributed by atoms with Gasteiger partial charge in [0.25, 0.3) is 0 Å². The standard InChI is InChI=1S/C37H50N6O2/c1-39-31-19-21-33(22-20-31)41-37(45)42(34-15-8-4-5-9-16-34)26-28-11-10-12-29(25-28)27-43(35-23-17-30(38)18-24-35)36(44)40-32-13-6-2-3-7-14-32/h10-12,17-25,32,34,39H,2-9,13-16,26-27,38H2,1H3,(H,40,44)(H,41,45). The van der Waals surface area contributed by atoms with Crippen LogP contribution in [-0.2, 0) is 13.1 Å². The van der Waals surface area contributed by atoms with Crippen molar-refractivity contribution in [2.24, 2.45) is 0 Å². The van der Waals surface area contributed by atoms with E-state index in [1.165, 1.54) is 25.7 Å². The predicted molar refractivity (Wildman–Crippen MR) is 186 cm³/mol. The number of carbonyl (C=O) groups excluding carboxylic acids is 2. The molecule has 4 amide bonds. The number of hydrogen-bond acceptors (Lipinski definition) is 4. The SMILES string of the molecule is CNc1ccc(NC(=O)N(Cc2cccc(CN(C(=O)NC3CCCCCC3)c3ccc(N)cc3)c2)C2CCCCCC2)cc1. The molecule has 2 aliphatic rings. The fourth-order valence-electron chi connectivity index (χ4n) is 6.67. The molecule has 0 saturated heterocycles. The minimum Gasteiger partial charge on any atom is -0.399 e. The molecule has 0 aromatic heterocycles. The average molecular weight is 611 g/mol. The Morgan fingerprint density at radius 2 is 1.29 bits per heavy atom. The number of anilines is 4. The van der Waals surface area contributed by atoms with Gasteiger partial charge < -0.3 is 26.6 Å². The molecular weight excluding hydrogens is 560 g/mol. The number of carbonyl (C=O) groups is 2. The van der Waals surface area contributed by atoms with Gasteiger partial charge in [-0.1, -0.05) is 75.6 Å². The van der Waals surface area contributed by atoms with Crippen molar-refractivity contribution in [2.75, 3.05) is 28.3 Å². The smallest absolute Gasteiger partial charge is 0.322 e. The molecule has 2 aliphatic carbocycles. The van der Waals surface area contributed by atoms with Crippen molar-refractivity contribution >= 4 is 34.8 Å². The lowest BCUT2D eigenvalue weighted by Crippen LogP contribution is -2.44. The number of rotatable bonds is 9. The van der Waals surface area contributed by atoms with E-state index in [9.17, 15) is 9.59 Å². The second kappa shape index (κ2) is 16.2. The Morgan fingerprint density at radius 3 is 1.91 bits per heavy atom. The monoisotopic (exact) mass is 610 g/mol. The Kier molecular flexibility index (Phi) is 11.6. The molecule has 0 unspecified atom stereocenters. The van der Waals surface area contributed by atoms with Crippen LogP contribution in [0, 0.1) is 0 Å². The summed E-state index contributed by atoms with van der Waals surface area (Å²) in [6.07, 6.45) is 13.6. The molecule has 0 radical (unpaired) electrons. The van der Waals surface area contributed by atoms with Crippen molar-refractivity contribution in [2.45, 2.75) is 102 Å². The summed E-state index contributed by atoms with van der Waals surface area (Å²) in [5, 5.41) is 9.60. The maximum Gasteiger partial charge on any atom is 0.322 e. The fourth-order valence-corrected chi connectivity index (χ4v) is 6.67. The largest absolute Gasteiger partial charge is 0.399 e. The van der Waals surface area contributed by atoms with E-state index < -0.39 is 0 Å². The van der Waals surface area contributed by atoms with Crippen LogP contribution in [0.15, 0.2) is 72.8 Å². The second-order valence-corrected chi connectivity index (χ2v) is 12.7. The number of benzene rings is 3. The van der Waals surface area contributed by atoms with E-state index >= 15 is 0 Å². The van der Waals surface area contributed by atoms with E-state index in [4.69, 9.17) is 5.73 Å². The highest BCUT2D eigenvalue weighted by atomic mass is 16.2. The molecule has 5 N–H and O–H groups in total. The Bertz CT molecular complexity index is 1360. The summed E-state index contributed by atoms with van der Waals surface area (Å²) in [6, 6.07) is 23.8. The van der Waals surface area contributed by atoms with Gasteiger partial charge in [-0.05, 0) is 85.3 Å². The highest BCUT2D eigenvalue weighted by molar-refractivity contribution is 5.92. The van der Waals surface area contributed by atoms with Crippen LogP contribution in [0.5, 0.6) is 0 Å². The normalized spacial score (nSPS) is 16.2. The highest BCUT2D eigenvalue weighted by Crippen LogP contribution is 2.26. The summed E-state index contributed by atoms with van der Waals surface area (Å²) in [7, 11) is 1.88. The number of nitrogen functional groups attached to an aromatic ring is 1. The van der Waals surface area contributed by atoms with E-state index in [2.05, 4.69) is 34.1 Å². The maximum absolute atomic E-state index is 13.8. The van der Waals surface area contributed by atoms with Crippen molar-refractivity contribution in [3.63, 3.8) is 0 Å². The molecule has 3 aromatic rings. The molecule has 45 heavy (non-hydrogen) atoms. The molecule has 0 bridgehead atoms. The topological polar surface area (TPSA) is 103 Å². The molecule has 2 fully saturated rings. The van der Waals surface area contributed by atoms with Crippen molar-refractivity contribution < 1.29 is 9.59 Å². The first-order chi connectivity index (χ1) is 22.0. The molecule has 3 aromatic carbocycles. The number of hydrogen-bond donors (Lipinski definition) is 4. The van der Waals surface area contributed by atoms with Gasteiger partial charge in [-0.3, -0.25) is 4.90 Å². The molecule has 8 nitrogen and oxygen atoms in total. The van der Waals surface area contributed by atoms with Gasteiger partial charge in [0.05, 0.1) is 6.54 Å². The summed E-state index contributed by atoms with van der Waals surface area (Å²) in [5.74, 6) is 0. The molecule has 0 heterocycles. The van der Waals surface area contributed by atoms with Gasteiger partial charge in [0.1, 0.15) is 0 Å². The summed E-state index contributed by atoms with van der Waals surface area (Å²) >= 11 is 0. The van der Waals surface area contributed by atoms with Crippen molar-refractivity contribution in [3.8, 4) is 0 Å². The summed E-state index contributed by atoms with van der Waals surface area (Å²) in [6.45, 7) is 0.929. The molecule has 5 rings (SSSR count).